The van der Waals surface area contributed by atoms with Crippen LogP contribution in [0.25, 0.3) is 0 Å². The zero-order valence-electron chi connectivity index (χ0n) is 10.2. The maximum absolute atomic E-state index is 3.83. The molecule has 15 heavy (non-hydrogen) atoms. The third-order valence-electron chi connectivity index (χ3n) is 2.97. The van der Waals surface area contributed by atoms with E-state index in [0.29, 0.717) is 10.7 Å². The van der Waals surface area contributed by atoms with Gasteiger partial charge in [0.25, 0.3) is 0 Å². The van der Waals surface area contributed by atoms with Gasteiger partial charge in [-0.15, -0.1) is 0 Å². The largest absolute Gasteiger partial charge is 0.0836 e. The van der Waals surface area contributed by atoms with Gasteiger partial charge in [-0.25, -0.2) is 0 Å². The molecule has 0 saturated carbocycles. The molecular formula is C14H21Br. The predicted octanol–water partition coefficient (Wildman–Crippen LogP) is 5.18. The average molecular weight is 269 g/mol. The summed E-state index contributed by atoms with van der Waals surface area (Å²) < 4.78 is 0. The van der Waals surface area contributed by atoms with Gasteiger partial charge in [-0.05, 0) is 37.3 Å². The summed E-state index contributed by atoms with van der Waals surface area (Å²) in [5.74, 6) is 0.705. The van der Waals surface area contributed by atoms with E-state index in [4.69, 9.17) is 0 Å². The van der Waals surface area contributed by atoms with Crippen molar-refractivity contribution in [1.82, 2.24) is 0 Å². The zero-order valence-corrected chi connectivity index (χ0v) is 11.8. The molecular weight excluding hydrogens is 248 g/mol. The molecule has 0 aromatic heterocycles. The van der Waals surface area contributed by atoms with Crippen LogP contribution in [0.15, 0.2) is 18.2 Å². The van der Waals surface area contributed by atoms with E-state index in [1.165, 1.54) is 29.5 Å². The number of alkyl halides is 1. The minimum atomic E-state index is 0.498. The zero-order chi connectivity index (χ0) is 11.4. The Balaban J connectivity index is 2.86. The molecule has 0 amide bonds. The van der Waals surface area contributed by atoms with Crippen LogP contribution >= 0.6 is 15.9 Å². The molecule has 0 spiro atoms. The number of benzene rings is 1. The molecule has 2 unspecified atom stereocenters. The molecule has 0 bridgehead atoms. The molecule has 0 nitrogen and oxygen atoms in total. The maximum atomic E-state index is 3.83. The molecule has 1 aromatic carbocycles. The van der Waals surface area contributed by atoms with Gasteiger partial charge in [0.1, 0.15) is 0 Å². The number of halogens is 1. The van der Waals surface area contributed by atoms with Crippen molar-refractivity contribution in [2.75, 3.05) is 0 Å². The van der Waals surface area contributed by atoms with Crippen LogP contribution in [0.2, 0.25) is 0 Å². The smallest absolute Gasteiger partial charge is 0.0423 e. The van der Waals surface area contributed by atoms with E-state index >= 15 is 0 Å². The molecule has 0 fully saturated rings. The second-order valence-electron chi connectivity index (χ2n) is 4.53. The Morgan fingerprint density at radius 1 is 1.27 bits per heavy atom. The van der Waals surface area contributed by atoms with Crippen molar-refractivity contribution in [1.29, 1.82) is 0 Å². The monoisotopic (exact) mass is 268 g/mol. The van der Waals surface area contributed by atoms with E-state index in [2.05, 4.69) is 61.8 Å². The topological polar surface area (TPSA) is 0 Å². The van der Waals surface area contributed by atoms with E-state index in [9.17, 15) is 0 Å². The lowest BCUT2D eigenvalue weighted by Crippen LogP contribution is -2.05. The minimum absolute atomic E-state index is 0.498. The molecule has 0 saturated heterocycles. The Bertz CT molecular complexity index is 317. The molecule has 0 heterocycles. The van der Waals surface area contributed by atoms with Crippen molar-refractivity contribution >= 4 is 15.9 Å². The lowest BCUT2D eigenvalue weighted by Gasteiger charge is -2.20. The Labute approximate surface area is 102 Å². The quantitative estimate of drug-likeness (QED) is 0.661. The first-order valence-electron chi connectivity index (χ1n) is 5.77. The second-order valence-corrected chi connectivity index (χ2v) is 5.51. The summed E-state index contributed by atoms with van der Waals surface area (Å²) in [6.07, 6.45) is 2.54. The van der Waals surface area contributed by atoms with Gasteiger partial charge >= 0.3 is 0 Å². The first-order valence-corrected chi connectivity index (χ1v) is 6.69. The van der Waals surface area contributed by atoms with Crippen LogP contribution in [0.5, 0.6) is 0 Å². The van der Waals surface area contributed by atoms with Crippen molar-refractivity contribution in [2.24, 2.45) is 5.92 Å². The fourth-order valence-corrected chi connectivity index (χ4v) is 2.82. The first-order chi connectivity index (χ1) is 7.06. The molecule has 1 rings (SSSR count). The van der Waals surface area contributed by atoms with Crippen molar-refractivity contribution in [3.8, 4) is 0 Å². The Kier molecular flexibility index (Phi) is 4.85. The summed E-state index contributed by atoms with van der Waals surface area (Å²) in [5, 5.41) is 0. The minimum Gasteiger partial charge on any atom is -0.0836 e. The molecule has 1 aromatic rings. The van der Waals surface area contributed by atoms with E-state index < -0.39 is 0 Å². The highest BCUT2D eigenvalue weighted by Crippen LogP contribution is 2.35. The highest BCUT2D eigenvalue weighted by molar-refractivity contribution is 9.09. The molecule has 0 aliphatic heterocycles. The Morgan fingerprint density at radius 3 is 2.47 bits per heavy atom. The van der Waals surface area contributed by atoms with E-state index in [1.54, 1.807) is 0 Å². The van der Waals surface area contributed by atoms with Crippen LogP contribution in [-0.2, 0) is 0 Å². The van der Waals surface area contributed by atoms with Crippen LogP contribution in [-0.4, -0.2) is 0 Å². The third-order valence-corrected chi connectivity index (χ3v) is 4.36. The molecule has 1 heteroatoms. The highest BCUT2D eigenvalue weighted by atomic mass is 79.9. The summed E-state index contributed by atoms with van der Waals surface area (Å²) >= 11 is 3.83. The summed E-state index contributed by atoms with van der Waals surface area (Å²) in [5.41, 5.74) is 4.19. The molecule has 0 radical (unpaired) electrons. The molecule has 0 aliphatic carbocycles. The summed E-state index contributed by atoms with van der Waals surface area (Å²) in [6, 6.07) is 6.73. The molecule has 2 atom stereocenters. The molecule has 84 valence electrons. The molecule has 0 aliphatic rings. The van der Waals surface area contributed by atoms with Gasteiger partial charge in [-0.3, -0.25) is 0 Å². The summed E-state index contributed by atoms with van der Waals surface area (Å²) in [6.45, 7) is 8.92. The first kappa shape index (κ1) is 12.8. The third kappa shape index (κ3) is 3.34. The van der Waals surface area contributed by atoms with Crippen molar-refractivity contribution in [3.05, 3.63) is 34.9 Å². The van der Waals surface area contributed by atoms with E-state index in [0.717, 1.165) is 0 Å². The fourth-order valence-electron chi connectivity index (χ4n) is 2.04. The van der Waals surface area contributed by atoms with Crippen LogP contribution in [0.3, 0.4) is 0 Å². The number of hydrogen-bond acceptors (Lipinski definition) is 0. The number of hydrogen-bond donors (Lipinski definition) is 0. The summed E-state index contributed by atoms with van der Waals surface area (Å²) in [4.78, 5) is 0.498. The number of aryl methyl sites for hydroxylation is 2. The van der Waals surface area contributed by atoms with Gasteiger partial charge in [-0.1, -0.05) is 60.0 Å². The van der Waals surface area contributed by atoms with Crippen molar-refractivity contribution in [3.63, 3.8) is 0 Å². The van der Waals surface area contributed by atoms with Gasteiger partial charge in [0.05, 0.1) is 0 Å². The fraction of sp³-hybridized carbons (Fsp3) is 0.571. The lowest BCUT2D eigenvalue weighted by molar-refractivity contribution is 0.517. The van der Waals surface area contributed by atoms with Crippen LogP contribution in [0.4, 0.5) is 0 Å². The van der Waals surface area contributed by atoms with Crippen molar-refractivity contribution in [2.45, 2.75) is 45.4 Å². The van der Waals surface area contributed by atoms with Gasteiger partial charge in [-0.2, -0.15) is 0 Å². The maximum Gasteiger partial charge on any atom is 0.0423 e. The number of rotatable bonds is 4. The second kappa shape index (κ2) is 5.69. The van der Waals surface area contributed by atoms with Gasteiger partial charge in [0.2, 0.25) is 0 Å². The van der Waals surface area contributed by atoms with Gasteiger partial charge in [0.15, 0.2) is 0 Å². The van der Waals surface area contributed by atoms with Crippen LogP contribution in [0.1, 0.15) is 48.2 Å². The Hall–Kier alpha value is -0.300. The molecule has 0 N–H and O–H groups in total. The van der Waals surface area contributed by atoms with E-state index in [-0.39, 0.29) is 0 Å². The summed E-state index contributed by atoms with van der Waals surface area (Å²) in [7, 11) is 0. The van der Waals surface area contributed by atoms with Crippen LogP contribution < -0.4 is 0 Å². The highest BCUT2D eigenvalue weighted by Gasteiger charge is 2.16. The van der Waals surface area contributed by atoms with Gasteiger partial charge in [0, 0.05) is 4.83 Å². The van der Waals surface area contributed by atoms with Gasteiger partial charge < -0.3 is 0 Å². The average Bonchev–Trinajstić information content (AvgIpc) is 2.17. The van der Waals surface area contributed by atoms with E-state index in [1.807, 2.05) is 0 Å². The standard InChI is InChI=1S/C14H21Br/c1-5-6-11(3)14(15)13-8-7-10(2)9-12(13)4/h7-9,11,14H,5-6H2,1-4H3. The predicted molar refractivity (Wildman–Crippen MR) is 71.7 cm³/mol. The SMILES string of the molecule is CCCC(C)C(Br)c1ccc(C)cc1C. The normalized spacial score (nSPS) is 15.0. The Morgan fingerprint density at radius 2 is 1.93 bits per heavy atom. The van der Waals surface area contributed by atoms with Crippen LogP contribution in [0, 0.1) is 19.8 Å². The van der Waals surface area contributed by atoms with Crippen molar-refractivity contribution < 1.29 is 0 Å². The lowest BCUT2D eigenvalue weighted by atomic mass is 9.93.